The van der Waals surface area contributed by atoms with Crippen LogP contribution in [-0.4, -0.2) is 60.2 Å². The molecule has 0 atom stereocenters. The average Bonchev–Trinajstić information content (AvgIpc) is 3.26. The molecule has 148 valence electrons. The molecule has 1 saturated heterocycles. The fourth-order valence-electron chi connectivity index (χ4n) is 3.94. The van der Waals surface area contributed by atoms with Crippen molar-refractivity contribution in [2.45, 2.75) is 39.0 Å². The van der Waals surface area contributed by atoms with Crippen LogP contribution in [0.2, 0.25) is 0 Å². The van der Waals surface area contributed by atoms with E-state index < -0.39 is 0 Å². The number of nitrogens with zero attached hydrogens (tertiary/aromatic N) is 2. The second kappa shape index (κ2) is 9.06. The minimum absolute atomic E-state index is 0.00699. The highest BCUT2D eigenvalue weighted by Crippen LogP contribution is 2.30. The van der Waals surface area contributed by atoms with Gasteiger partial charge in [-0.25, -0.2) is 0 Å². The third kappa shape index (κ3) is 4.70. The van der Waals surface area contributed by atoms with E-state index in [4.69, 9.17) is 4.42 Å². The third-order valence-corrected chi connectivity index (χ3v) is 5.61. The standard InChI is InChI=1S/C20H29N3O4/c1-2-9-21-18(24)15-5-7-16(8-6-15)19(25)22-10-12-23(13-11-22)20(26)17-4-3-14-27-17/h3-4,14-16H,2,5-13H2,1H3,(H,21,24). The van der Waals surface area contributed by atoms with Crippen molar-refractivity contribution < 1.29 is 18.8 Å². The maximum absolute atomic E-state index is 12.8. The molecule has 3 rings (SSSR count). The van der Waals surface area contributed by atoms with Crippen LogP contribution in [0.3, 0.4) is 0 Å². The molecule has 1 aliphatic carbocycles. The quantitative estimate of drug-likeness (QED) is 0.852. The van der Waals surface area contributed by atoms with Gasteiger partial charge in [-0.2, -0.15) is 0 Å². The molecular formula is C20H29N3O4. The van der Waals surface area contributed by atoms with Crippen LogP contribution in [0.25, 0.3) is 0 Å². The molecule has 1 saturated carbocycles. The van der Waals surface area contributed by atoms with Crippen molar-refractivity contribution in [1.29, 1.82) is 0 Å². The Morgan fingerprint density at radius 3 is 2.26 bits per heavy atom. The molecule has 1 aliphatic heterocycles. The first-order chi connectivity index (χ1) is 13.1. The van der Waals surface area contributed by atoms with Gasteiger partial charge in [-0.3, -0.25) is 14.4 Å². The number of amides is 3. The summed E-state index contributed by atoms with van der Waals surface area (Å²) in [4.78, 5) is 40.8. The Bertz CT molecular complexity index is 642. The molecule has 0 spiro atoms. The Morgan fingerprint density at radius 1 is 1.04 bits per heavy atom. The molecule has 2 fully saturated rings. The first-order valence-electron chi connectivity index (χ1n) is 9.99. The molecule has 1 aromatic heterocycles. The van der Waals surface area contributed by atoms with Gasteiger partial charge in [-0.15, -0.1) is 0 Å². The number of rotatable bonds is 5. The van der Waals surface area contributed by atoms with E-state index in [1.807, 2.05) is 11.8 Å². The minimum Gasteiger partial charge on any atom is -0.459 e. The van der Waals surface area contributed by atoms with Crippen molar-refractivity contribution in [2.75, 3.05) is 32.7 Å². The Labute approximate surface area is 160 Å². The smallest absolute Gasteiger partial charge is 0.289 e. The monoisotopic (exact) mass is 375 g/mol. The number of carbonyl (C=O) groups excluding carboxylic acids is 3. The minimum atomic E-state index is -0.120. The lowest BCUT2D eigenvalue weighted by Crippen LogP contribution is -2.52. The van der Waals surface area contributed by atoms with E-state index in [1.54, 1.807) is 17.0 Å². The molecule has 2 aliphatic rings. The molecule has 0 bridgehead atoms. The fourth-order valence-corrected chi connectivity index (χ4v) is 3.94. The highest BCUT2D eigenvalue weighted by molar-refractivity contribution is 5.91. The summed E-state index contributed by atoms with van der Waals surface area (Å²) in [6.07, 6.45) is 5.54. The van der Waals surface area contributed by atoms with Crippen LogP contribution >= 0.6 is 0 Å². The second-order valence-corrected chi connectivity index (χ2v) is 7.43. The third-order valence-electron chi connectivity index (χ3n) is 5.61. The van der Waals surface area contributed by atoms with Crippen molar-refractivity contribution in [3.8, 4) is 0 Å². The van der Waals surface area contributed by atoms with Gasteiger partial charge in [0.25, 0.3) is 5.91 Å². The lowest BCUT2D eigenvalue weighted by molar-refractivity contribution is -0.139. The maximum atomic E-state index is 12.8. The van der Waals surface area contributed by atoms with E-state index in [9.17, 15) is 14.4 Å². The van der Waals surface area contributed by atoms with Crippen LogP contribution < -0.4 is 5.32 Å². The number of hydrogen-bond acceptors (Lipinski definition) is 4. The highest BCUT2D eigenvalue weighted by Gasteiger charge is 2.34. The summed E-state index contributed by atoms with van der Waals surface area (Å²) in [6.45, 7) is 4.93. The molecule has 27 heavy (non-hydrogen) atoms. The van der Waals surface area contributed by atoms with Gasteiger partial charge < -0.3 is 19.5 Å². The summed E-state index contributed by atoms with van der Waals surface area (Å²) in [6, 6.07) is 3.36. The number of hydrogen-bond donors (Lipinski definition) is 1. The predicted molar refractivity (Wildman–Crippen MR) is 99.9 cm³/mol. The molecule has 0 radical (unpaired) electrons. The molecule has 2 heterocycles. The van der Waals surface area contributed by atoms with Gasteiger partial charge in [0, 0.05) is 44.6 Å². The van der Waals surface area contributed by atoms with E-state index in [0.717, 1.165) is 38.6 Å². The van der Waals surface area contributed by atoms with Crippen LogP contribution in [0.1, 0.15) is 49.6 Å². The molecule has 0 aromatic carbocycles. The van der Waals surface area contributed by atoms with Crippen LogP contribution in [0.4, 0.5) is 0 Å². The van der Waals surface area contributed by atoms with E-state index in [0.29, 0.717) is 31.9 Å². The zero-order chi connectivity index (χ0) is 19.2. The Hall–Kier alpha value is -2.31. The number of furan rings is 1. The van der Waals surface area contributed by atoms with Crippen molar-refractivity contribution in [2.24, 2.45) is 11.8 Å². The van der Waals surface area contributed by atoms with Gasteiger partial charge >= 0.3 is 0 Å². The number of carbonyl (C=O) groups is 3. The summed E-state index contributed by atoms with van der Waals surface area (Å²) in [5.74, 6) is 0.580. The molecule has 1 N–H and O–H groups in total. The van der Waals surface area contributed by atoms with Crippen LogP contribution in [0.5, 0.6) is 0 Å². The van der Waals surface area contributed by atoms with Crippen molar-refractivity contribution in [3.05, 3.63) is 24.2 Å². The molecule has 1 aromatic rings. The van der Waals surface area contributed by atoms with Gasteiger partial charge in [0.05, 0.1) is 6.26 Å². The number of nitrogens with one attached hydrogen (secondary N) is 1. The Kier molecular flexibility index (Phi) is 6.53. The van der Waals surface area contributed by atoms with Gasteiger partial charge in [0.15, 0.2) is 5.76 Å². The van der Waals surface area contributed by atoms with Gasteiger partial charge in [-0.1, -0.05) is 6.92 Å². The van der Waals surface area contributed by atoms with E-state index in [1.165, 1.54) is 6.26 Å². The first kappa shape index (κ1) is 19.5. The van der Waals surface area contributed by atoms with E-state index >= 15 is 0 Å². The van der Waals surface area contributed by atoms with Crippen molar-refractivity contribution >= 4 is 17.7 Å². The zero-order valence-electron chi connectivity index (χ0n) is 16.0. The summed E-state index contributed by atoms with van der Waals surface area (Å²) in [5, 5.41) is 2.96. The predicted octanol–water partition coefficient (Wildman–Crippen LogP) is 1.90. The summed E-state index contributed by atoms with van der Waals surface area (Å²) >= 11 is 0. The molecule has 7 nitrogen and oxygen atoms in total. The topological polar surface area (TPSA) is 82.9 Å². The first-order valence-corrected chi connectivity index (χ1v) is 9.99. The van der Waals surface area contributed by atoms with Crippen molar-refractivity contribution in [3.63, 3.8) is 0 Å². The molecular weight excluding hydrogens is 346 g/mol. The van der Waals surface area contributed by atoms with Crippen LogP contribution in [0, 0.1) is 11.8 Å². The normalized spacial score (nSPS) is 23.1. The lowest BCUT2D eigenvalue weighted by Gasteiger charge is -2.37. The lowest BCUT2D eigenvalue weighted by atomic mass is 9.81. The SMILES string of the molecule is CCCNC(=O)C1CCC(C(=O)N2CCN(C(=O)c3ccco3)CC2)CC1. The molecule has 7 heteroatoms. The molecule has 0 unspecified atom stereocenters. The summed E-state index contributed by atoms with van der Waals surface area (Å²) in [7, 11) is 0. The summed E-state index contributed by atoms with van der Waals surface area (Å²) in [5.41, 5.74) is 0. The van der Waals surface area contributed by atoms with E-state index in [2.05, 4.69) is 5.32 Å². The van der Waals surface area contributed by atoms with Gasteiger partial charge in [-0.05, 0) is 44.2 Å². The van der Waals surface area contributed by atoms with E-state index in [-0.39, 0.29) is 29.6 Å². The van der Waals surface area contributed by atoms with Gasteiger partial charge in [0.2, 0.25) is 11.8 Å². The van der Waals surface area contributed by atoms with Crippen molar-refractivity contribution in [1.82, 2.24) is 15.1 Å². The largest absolute Gasteiger partial charge is 0.459 e. The average molecular weight is 375 g/mol. The maximum Gasteiger partial charge on any atom is 0.289 e. The summed E-state index contributed by atoms with van der Waals surface area (Å²) < 4.78 is 5.17. The highest BCUT2D eigenvalue weighted by atomic mass is 16.3. The fraction of sp³-hybridized carbons (Fsp3) is 0.650. The Balaban J connectivity index is 1.43. The second-order valence-electron chi connectivity index (χ2n) is 7.43. The Morgan fingerprint density at radius 2 is 1.67 bits per heavy atom. The number of piperazine rings is 1. The van der Waals surface area contributed by atoms with Gasteiger partial charge in [0.1, 0.15) is 0 Å². The molecule has 3 amide bonds. The van der Waals surface area contributed by atoms with Crippen LogP contribution in [0.15, 0.2) is 22.8 Å². The zero-order valence-corrected chi connectivity index (χ0v) is 16.0. The van der Waals surface area contributed by atoms with Crippen LogP contribution in [-0.2, 0) is 9.59 Å².